The van der Waals surface area contributed by atoms with E-state index in [4.69, 9.17) is 0 Å². The molecule has 1 fully saturated rings. The van der Waals surface area contributed by atoms with Gasteiger partial charge in [-0.25, -0.2) is 4.98 Å². The molecule has 2 aromatic heterocycles. The van der Waals surface area contributed by atoms with Gasteiger partial charge in [-0.15, -0.1) is 11.3 Å². The van der Waals surface area contributed by atoms with Crippen LogP contribution in [-0.4, -0.2) is 56.7 Å². The minimum absolute atomic E-state index is 0.0653. The quantitative estimate of drug-likeness (QED) is 0.851. The van der Waals surface area contributed by atoms with Crippen molar-refractivity contribution in [2.24, 2.45) is 7.05 Å². The van der Waals surface area contributed by atoms with Crippen molar-refractivity contribution >= 4 is 17.2 Å². The fourth-order valence-electron chi connectivity index (χ4n) is 3.29. The van der Waals surface area contributed by atoms with Crippen molar-refractivity contribution in [2.75, 3.05) is 20.1 Å². The van der Waals surface area contributed by atoms with Crippen LogP contribution in [0.5, 0.6) is 0 Å². The first-order valence-electron chi connectivity index (χ1n) is 8.35. The number of hydrogen-bond acceptors (Lipinski definition) is 5. The summed E-state index contributed by atoms with van der Waals surface area (Å²) >= 11 is 1.79. The normalized spacial score (nSPS) is 16.5. The maximum absolute atomic E-state index is 12.5. The van der Waals surface area contributed by atoms with Crippen LogP contribution in [0.1, 0.15) is 38.8 Å². The Balaban J connectivity index is 1.54. The highest BCUT2D eigenvalue weighted by molar-refractivity contribution is 7.11. The second-order valence-corrected chi connectivity index (χ2v) is 7.86. The molecule has 0 spiro atoms. The summed E-state index contributed by atoms with van der Waals surface area (Å²) in [5.41, 5.74) is 1.82. The fraction of sp³-hybridized carbons (Fsp3) is 0.588. The van der Waals surface area contributed by atoms with Crippen molar-refractivity contribution in [1.29, 1.82) is 0 Å². The van der Waals surface area contributed by atoms with E-state index in [1.165, 1.54) is 4.88 Å². The van der Waals surface area contributed by atoms with Crippen molar-refractivity contribution in [3.8, 4) is 0 Å². The molecular weight excluding hydrogens is 322 g/mol. The summed E-state index contributed by atoms with van der Waals surface area (Å²) < 4.78 is 1.67. The number of nitrogens with zero attached hydrogens (tertiary/aromatic N) is 5. The standard InChI is InChI=1S/C17H25N5OS/c1-12-16(24-13(2)19-12)11-22-7-5-15(6-8-22)21(4)17(23)14-9-18-20(3)10-14/h9-10,15H,5-8,11H2,1-4H3. The zero-order chi connectivity index (χ0) is 17.3. The Morgan fingerprint density at radius 1 is 1.38 bits per heavy atom. The lowest BCUT2D eigenvalue weighted by Crippen LogP contribution is -2.45. The number of carbonyl (C=O) groups excluding carboxylic acids is 1. The first kappa shape index (κ1) is 17.1. The number of amides is 1. The third kappa shape index (κ3) is 3.67. The molecular formula is C17H25N5OS. The second kappa shape index (κ2) is 7.03. The van der Waals surface area contributed by atoms with Gasteiger partial charge in [-0.1, -0.05) is 0 Å². The summed E-state index contributed by atoms with van der Waals surface area (Å²) in [5, 5.41) is 5.23. The van der Waals surface area contributed by atoms with Gasteiger partial charge in [0, 0.05) is 50.8 Å². The van der Waals surface area contributed by atoms with Crippen LogP contribution in [-0.2, 0) is 13.6 Å². The van der Waals surface area contributed by atoms with Gasteiger partial charge in [0.1, 0.15) is 0 Å². The van der Waals surface area contributed by atoms with E-state index in [1.807, 2.05) is 19.0 Å². The average molecular weight is 347 g/mol. The maximum atomic E-state index is 12.5. The third-order valence-electron chi connectivity index (χ3n) is 4.74. The predicted octanol–water partition coefficient (Wildman–Crippen LogP) is 2.23. The van der Waals surface area contributed by atoms with Crippen molar-refractivity contribution < 1.29 is 4.79 Å². The molecule has 6 nitrogen and oxygen atoms in total. The highest BCUT2D eigenvalue weighted by Crippen LogP contribution is 2.23. The Kier molecular flexibility index (Phi) is 5.01. The highest BCUT2D eigenvalue weighted by Gasteiger charge is 2.27. The van der Waals surface area contributed by atoms with Gasteiger partial charge in [-0.3, -0.25) is 14.4 Å². The number of aryl methyl sites for hydroxylation is 3. The highest BCUT2D eigenvalue weighted by atomic mass is 32.1. The Bertz CT molecular complexity index is 714. The molecule has 0 atom stereocenters. The zero-order valence-corrected chi connectivity index (χ0v) is 15.6. The smallest absolute Gasteiger partial charge is 0.257 e. The number of carbonyl (C=O) groups is 1. The topological polar surface area (TPSA) is 54.3 Å². The van der Waals surface area contributed by atoms with E-state index in [2.05, 4.69) is 28.8 Å². The van der Waals surface area contributed by atoms with Crippen LogP contribution >= 0.6 is 11.3 Å². The van der Waals surface area contributed by atoms with Gasteiger partial charge in [0.2, 0.25) is 0 Å². The molecule has 7 heteroatoms. The Hall–Kier alpha value is -1.73. The summed E-state index contributed by atoms with van der Waals surface area (Å²) in [6.45, 7) is 7.17. The Morgan fingerprint density at radius 3 is 2.62 bits per heavy atom. The molecule has 0 saturated carbocycles. The van der Waals surface area contributed by atoms with Crippen LogP contribution in [0.4, 0.5) is 0 Å². The molecule has 1 aliphatic heterocycles. The molecule has 1 aliphatic rings. The van der Waals surface area contributed by atoms with Gasteiger partial charge in [0.05, 0.1) is 22.5 Å². The van der Waals surface area contributed by atoms with Gasteiger partial charge in [-0.05, 0) is 26.7 Å². The number of thiazole rings is 1. The van der Waals surface area contributed by atoms with E-state index in [1.54, 1.807) is 28.4 Å². The van der Waals surface area contributed by atoms with E-state index in [9.17, 15) is 4.79 Å². The fourth-order valence-corrected chi connectivity index (χ4v) is 4.27. The molecule has 0 aliphatic carbocycles. The molecule has 0 radical (unpaired) electrons. The van der Waals surface area contributed by atoms with Crippen molar-refractivity contribution in [3.05, 3.63) is 33.5 Å². The number of aromatic nitrogens is 3. The van der Waals surface area contributed by atoms with Crippen molar-refractivity contribution in [1.82, 2.24) is 24.6 Å². The van der Waals surface area contributed by atoms with Gasteiger partial charge in [0.25, 0.3) is 5.91 Å². The molecule has 0 bridgehead atoms. The maximum Gasteiger partial charge on any atom is 0.257 e. The summed E-state index contributed by atoms with van der Waals surface area (Å²) in [5.74, 6) is 0.0653. The molecule has 0 N–H and O–H groups in total. The van der Waals surface area contributed by atoms with E-state index in [-0.39, 0.29) is 5.91 Å². The number of likely N-dealkylation sites (tertiary alicyclic amines) is 1. The number of rotatable bonds is 4. The van der Waals surface area contributed by atoms with E-state index in [0.29, 0.717) is 11.6 Å². The van der Waals surface area contributed by atoms with E-state index < -0.39 is 0 Å². The third-order valence-corrected chi connectivity index (χ3v) is 5.80. The molecule has 130 valence electrons. The Labute approximate surface area is 147 Å². The van der Waals surface area contributed by atoms with Crippen LogP contribution in [0.3, 0.4) is 0 Å². The summed E-state index contributed by atoms with van der Waals surface area (Å²) in [4.78, 5) is 22.8. The second-order valence-electron chi connectivity index (χ2n) is 6.57. The minimum atomic E-state index is 0.0653. The predicted molar refractivity (Wildman–Crippen MR) is 95.2 cm³/mol. The molecule has 3 rings (SSSR count). The van der Waals surface area contributed by atoms with Gasteiger partial charge in [-0.2, -0.15) is 5.10 Å². The zero-order valence-electron chi connectivity index (χ0n) is 14.8. The van der Waals surface area contributed by atoms with Crippen molar-refractivity contribution in [2.45, 2.75) is 39.3 Å². The number of piperidine rings is 1. The molecule has 2 aromatic rings. The molecule has 0 unspecified atom stereocenters. The molecule has 1 amide bonds. The molecule has 1 saturated heterocycles. The van der Waals surface area contributed by atoms with Crippen LogP contribution in [0, 0.1) is 13.8 Å². The van der Waals surface area contributed by atoms with Crippen LogP contribution in [0.2, 0.25) is 0 Å². The largest absolute Gasteiger partial charge is 0.339 e. The monoisotopic (exact) mass is 347 g/mol. The Morgan fingerprint density at radius 2 is 2.08 bits per heavy atom. The SMILES string of the molecule is Cc1nc(C)c(CN2CCC(N(C)C(=O)c3cnn(C)c3)CC2)s1. The van der Waals surface area contributed by atoms with Crippen LogP contribution < -0.4 is 0 Å². The van der Waals surface area contributed by atoms with Crippen LogP contribution in [0.25, 0.3) is 0 Å². The summed E-state index contributed by atoms with van der Waals surface area (Å²) in [6.07, 6.45) is 5.45. The van der Waals surface area contributed by atoms with Crippen LogP contribution in [0.15, 0.2) is 12.4 Å². The van der Waals surface area contributed by atoms with Gasteiger partial charge in [0.15, 0.2) is 0 Å². The first-order valence-corrected chi connectivity index (χ1v) is 9.16. The number of hydrogen-bond donors (Lipinski definition) is 0. The molecule has 0 aromatic carbocycles. The molecule has 3 heterocycles. The van der Waals surface area contributed by atoms with E-state index >= 15 is 0 Å². The summed E-state index contributed by atoms with van der Waals surface area (Å²) in [7, 11) is 3.74. The molecule has 24 heavy (non-hydrogen) atoms. The lowest BCUT2D eigenvalue weighted by molar-refractivity contribution is 0.0637. The van der Waals surface area contributed by atoms with Gasteiger partial charge >= 0.3 is 0 Å². The van der Waals surface area contributed by atoms with Crippen molar-refractivity contribution in [3.63, 3.8) is 0 Å². The first-order chi connectivity index (χ1) is 11.4. The summed E-state index contributed by atoms with van der Waals surface area (Å²) in [6, 6.07) is 0.304. The lowest BCUT2D eigenvalue weighted by Gasteiger charge is -2.36. The van der Waals surface area contributed by atoms with Gasteiger partial charge < -0.3 is 4.90 Å². The van der Waals surface area contributed by atoms with E-state index in [0.717, 1.165) is 43.2 Å². The minimum Gasteiger partial charge on any atom is -0.339 e. The average Bonchev–Trinajstić information content (AvgIpc) is 3.12. The lowest BCUT2D eigenvalue weighted by atomic mass is 10.0.